The second-order valence-electron chi connectivity index (χ2n) is 10.9. The van der Waals surface area contributed by atoms with Crippen LogP contribution in [-0.2, 0) is 29.9 Å². The summed E-state index contributed by atoms with van der Waals surface area (Å²) in [7, 11) is -2.40. The number of fused-ring (bicyclic) bond motifs is 1. The van der Waals surface area contributed by atoms with Gasteiger partial charge in [-0.05, 0) is 82.3 Å². The number of carbonyl (C=O) groups excluding carboxylic acids is 2. The van der Waals surface area contributed by atoms with Gasteiger partial charge in [-0.3, -0.25) is 4.84 Å². The van der Waals surface area contributed by atoms with Crippen LogP contribution in [0.3, 0.4) is 0 Å². The van der Waals surface area contributed by atoms with Gasteiger partial charge in [-0.1, -0.05) is 12.1 Å². The molecule has 10 nitrogen and oxygen atoms in total. The molecule has 2 aromatic heterocycles. The van der Waals surface area contributed by atoms with Gasteiger partial charge in [0.05, 0.1) is 18.6 Å². The number of hydrogen-bond acceptors (Lipinski definition) is 10. The average molecular weight is 579 g/mol. The van der Waals surface area contributed by atoms with Crippen LogP contribution in [0.1, 0.15) is 58.7 Å². The first-order chi connectivity index (χ1) is 18.0. The Bertz CT molecular complexity index is 1400. The Hall–Kier alpha value is -3.38. The second kappa shape index (κ2) is 11.8. The van der Waals surface area contributed by atoms with E-state index in [4.69, 9.17) is 19.0 Å². The number of sulfone groups is 1. The Morgan fingerprint density at radius 2 is 1.64 bits per heavy atom. The third kappa shape index (κ3) is 9.10. The highest BCUT2D eigenvalue weighted by atomic mass is 32.2. The van der Waals surface area contributed by atoms with Crippen LogP contribution >= 0.6 is 11.3 Å². The molecule has 12 heteroatoms. The highest BCUT2D eigenvalue weighted by Gasteiger charge is 2.37. The van der Waals surface area contributed by atoms with Crippen molar-refractivity contribution in [3.8, 4) is 5.75 Å². The Balaban J connectivity index is 2.01. The van der Waals surface area contributed by atoms with E-state index >= 15 is 0 Å². The molecule has 1 atom stereocenters. The van der Waals surface area contributed by atoms with Crippen molar-refractivity contribution in [1.29, 1.82) is 0 Å². The van der Waals surface area contributed by atoms with Gasteiger partial charge in [0.1, 0.15) is 27.8 Å². The molecule has 1 amide bonds. The molecule has 39 heavy (non-hydrogen) atoms. The minimum absolute atomic E-state index is 0.340. The van der Waals surface area contributed by atoms with E-state index in [2.05, 4.69) is 4.98 Å². The highest BCUT2D eigenvalue weighted by Crippen LogP contribution is 2.29. The van der Waals surface area contributed by atoms with Crippen molar-refractivity contribution in [3.05, 3.63) is 59.1 Å². The number of benzene rings is 1. The van der Waals surface area contributed by atoms with Crippen LogP contribution in [-0.4, -0.2) is 54.8 Å². The van der Waals surface area contributed by atoms with Crippen LogP contribution in [0.25, 0.3) is 10.2 Å². The first-order valence-electron chi connectivity index (χ1n) is 12.1. The molecule has 0 unspecified atom stereocenters. The first kappa shape index (κ1) is 30.2. The number of carbonyl (C=O) groups is 2. The quantitative estimate of drug-likeness (QED) is 0.243. The third-order valence-corrected chi connectivity index (χ3v) is 7.51. The zero-order valence-corrected chi connectivity index (χ0v) is 24.7. The summed E-state index contributed by atoms with van der Waals surface area (Å²) >= 11 is 1.46. The Morgan fingerprint density at radius 3 is 2.23 bits per heavy atom. The molecule has 0 radical (unpaired) electrons. The second-order valence-corrected chi connectivity index (χ2v) is 13.9. The molecule has 0 N–H and O–H groups in total. The van der Waals surface area contributed by atoms with Gasteiger partial charge >= 0.3 is 12.2 Å². The summed E-state index contributed by atoms with van der Waals surface area (Å²) in [4.78, 5) is 36.4. The van der Waals surface area contributed by atoms with Crippen molar-refractivity contribution in [2.75, 3.05) is 12.9 Å². The molecule has 212 valence electrons. The van der Waals surface area contributed by atoms with E-state index in [1.165, 1.54) is 24.6 Å². The zero-order chi connectivity index (χ0) is 29.0. The van der Waals surface area contributed by atoms with Crippen LogP contribution in [0.4, 0.5) is 9.59 Å². The fourth-order valence-corrected chi connectivity index (χ4v) is 5.86. The topological polar surface area (TPSA) is 121 Å². The number of aromatic nitrogens is 1. The minimum atomic E-state index is -3.89. The average Bonchev–Trinajstić information content (AvgIpc) is 3.26. The van der Waals surface area contributed by atoms with Gasteiger partial charge in [0.15, 0.2) is 9.84 Å². The summed E-state index contributed by atoms with van der Waals surface area (Å²) < 4.78 is 42.9. The molecule has 3 aromatic rings. The van der Waals surface area contributed by atoms with Crippen molar-refractivity contribution in [2.24, 2.45) is 0 Å². The Labute approximate surface area is 232 Å². The SMILES string of the molecule is COc1ccc([C@@H](CS(=O)(=O)Cc2cnc3sccc3c2)N(OC(=O)OC(C)(C)C)C(=O)OC(C)(C)C)cc1. The molecule has 0 aliphatic heterocycles. The molecule has 0 saturated carbocycles. The van der Waals surface area contributed by atoms with E-state index in [0.29, 0.717) is 21.9 Å². The lowest BCUT2D eigenvalue weighted by Gasteiger charge is -2.32. The summed E-state index contributed by atoms with van der Waals surface area (Å²) in [6.45, 7) is 9.83. The fraction of sp³-hybridized carbons (Fsp3) is 0.444. The first-order valence-corrected chi connectivity index (χ1v) is 14.8. The number of hydroxylamine groups is 2. The molecular formula is C27H34N2O8S2. The van der Waals surface area contributed by atoms with E-state index in [1.807, 2.05) is 11.4 Å². The number of rotatable bonds is 7. The van der Waals surface area contributed by atoms with Gasteiger partial charge in [0, 0.05) is 11.6 Å². The predicted octanol–water partition coefficient (Wildman–Crippen LogP) is 6.06. The predicted molar refractivity (Wildman–Crippen MR) is 148 cm³/mol. The molecule has 3 rings (SSSR count). The lowest BCUT2D eigenvalue weighted by Crippen LogP contribution is -2.44. The van der Waals surface area contributed by atoms with Crippen LogP contribution in [0, 0.1) is 0 Å². The number of pyridine rings is 1. The van der Waals surface area contributed by atoms with Crippen LogP contribution in [0.5, 0.6) is 5.75 Å². The fourth-order valence-electron chi connectivity index (χ4n) is 3.55. The van der Waals surface area contributed by atoms with E-state index in [1.54, 1.807) is 71.9 Å². The number of thiophene rings is 1. The molecule has 2 heterocycles. The van der Waals surface area contributed by atoms with Crippen LogP contribution in [0.2, 0.25) is 0 Å². The van der Waals surface area contributed by atoms with E-state index < -0.39 is 45.1 Å². The lowest BCUT2D eigenvalue weighted by atomic mass is 10.1. The molecule has 1 aromatic carbocycles. The number of nitrogens with zero attached hydrogens (tertiary/aromatic N) is 2. The van der Waals surface area contributed by atoms with Crippen molar-refractivity contribution < 1.29 is 37.1 Å². The molecule has 0 spiro atoms. The van der Waals surface area contributed by atoms with Crippen molar-refractivity contribution in [2.45, 2.75) is 64.5 Å². The zero-order valence-electron chi connectivity index (χ0n) is 23.1. The van der Waals surface area contributed by atoms with Gasteiger partial charge in [-0.25, -0.2) is 23.0 Å². The minimum Gasteiger partial charge on any atom is -0.497 e. The normalized spacial score (nSPS) is 13.0. The molecular weight excluding hydrogens is 544 g/mol. The van der Waals surface area contributed by atoms with Gasteiger partial charge < -0.3 is 14.2 Å². The standard InChI is InChI=1S/C27H34N2O8S2/c1-26(2,3)35-24(30)29(37-25(31)36-27(4,5)6)22(19-8-10-21(34-7)11-9-19)17-39(32,33)16-18-14-20-12-13-38-23(20)28-15-18/h8-15,22H,16-17H2,1-7H3/t22-/m1/s1. The van der Waals surface area contributed by atoms with Gasteiger partial charge in [0.25, 0.3) is 0 Å². The lowest BCUT2D eigenvalue weighted by molar-refractivity contribution is -0.153. The molecule has 0 saturated heterocycles. The van der Waals surface area contributed by atoms with Crippen molar-refractivity contribution >= 4 is 43.6 Å². The van der Waals surface area contributed by atoms with E-state index in [0.717, 1.165) is 10.2 Å². The maximum absolute atomic E-state index is 13.5. The molecule has 0 bridgehead atoms. The number of ether oxygens (including phenoxy) is 3. The van der Waals surface area contributed by atoms with Crippen molar-refractivity contribution in [1.82, 2.24) is 10.0 Å². The smallest absolute Gasteiger partial charge is 0.497 e. The van der Waals surface area contributed by atoms with Crippen LogP contribution in [0.15, 0.2) is 48.0 Å². The maximum atomic E-state index is 13.5. The summed E-state index contributed by atoms with van der Waals surface area (Å²) in [6, 6.07) is 8.78. The number of methoxy groups -OCH3 is 1. The third-order valence-electron chi connectivity index (χ3n) is 5.08. The van der Waals surface area contributed by atoms with E-state index in [-0.39, 0.29) is 5.75 Å². The van der Waals surface area contributed by atoms with Gasteiger partial charge in [-0.2, -0.15) is 0 Å². The van der Waals surface area contributed by atoms with E-state index in [9.17, 15) is 18.0 Å². The van der Waals surface area contributed by atoms with Crippen molar-refractivity contribution in [3.63, 3.8) is 0 Å². The molecule has 0 fully saturated rings. The number of amides is 1. The van der Waals surface area contributed by atoms with Gasteiger partial charge in [-0.15, -0.1) is 16.4 Å². The summed E-state index contributed by atoms with van der Waals surface area (Å²) in [5.41, 5.74) is -1.02. The largest absolute Gasteiger partial charge is 0.534 e. The Kier molecular flexibility index (Phi) is 9.12. The van der Waals surface area contributed by atoms with Gasteiger partial charge in [0.2, 0.25) is 0 Å². The number of hydrogen-bond donors (Lipinski definition) is 0. The maximum Gasteiger partial charge on any atom is 0.534 e. The molecule has 0 aliphatic rings. The molecule has 0 aliphatic carbocycles. The summed E-state index contributed by atoms with van der Waals surface area (Å²) in [5, 5.41) is 3.34. The highest BCUT2D eigenvalue weighted by molar-refractivity contribution is 7.90. The summed E-state index contributed by atoms with van der Waals surface area (Å²) in [5.74, 6) is -0.400. The summed E-state index contributed by atoms with van der Waals surface area (Å²) in [6.07, 6.45) is -0.719. The monoisotopic (exact) mass is 578 g/mol. The van der Waals surface area contributed by atoms with Crippen LogP contribution < -0.4 is 4.74 Å². The Morgan fingerprint density at radius 1 is 1.00 bits per heavy atom.